The first kappa shape index (κ1) is 13.2. The number of ether oxygens (including phenoxy) is 1. The van der Waals surface area contributed by atoms with Gasteiger partial charge in [-0.3, -0.25) is 0 Å². The highest BCUT2D eigenvalue weighted by molar-refractivity contribution is 4.95. The Morgan fingerprint density at radius 3 is 3.00 bits per heavy atom. The number of oxazole rings is 1. The Labute approximate surface area is 97.4 Å². The van der Waals surface area contributed by atoms with Crippen LogP contribution in [0.3, 0.4) is 0 Å². The van der Waals surface area contributed by atoms with Crippen LogP contribution >= 0.6 is 0 Å². The molecule has 0 aliphatic rings. The smallest absolute Gasteiger partial charge is 0.195 e. The third-order valence-electron chi connectivity index (χ3n) is 2.57. The SMILES string of the molecule is CCNCCc1ncc(CCC(C)OC)o1. The summed E-state index contributed by atoms with van der Waals surface area (Å²) in [6.07, 6.45) is 4.81. The van der Waals surface area contributed by atoms with Gasteiger partial charge in [-0.15, -0.1) is 0 Å². The molecule has 4 nitrogen and oxygen atoms in total. The van der Waals surface area contributed by atoms with Crippen molar-refractivity contribution in [2.75, 3.05) is 20.2 Å². The van der Waals surface area contributed by atoms with Crippen molar-refractivity contribution >= 4 is 0 Å². The molecule has 0 bridgehead atoms. The summed E-state index contributed by atoms with van der Waals surface area (Å²) in [6, 6.07) is 0. The fraction of sp³-hybridized carbons (Fsp3) is 0.750. The lowest BCUT2D eigenvalue weighted by Crippen LogP contribution is -2.16. The summed E-state index contributed by atoms with van der Waals surface area (Å²) < 4.78 is 10.8. The van der Waals surface area contributed by atoms with Crippen molar-refractivity contribution in [1.29, 1.82) is 0 Å². The van der Waals surface area contributed by atoms with Crippen molar-refractivity contribution in [2.24, 2.45) is 0 Å². The monoisotopic (exact) mass is 226 g/mol. The number of hydrogen-bond acceptors (Lipinski definition) is 4. The molecular formula is C12H22N2O2. The van der Waals surface area contributed by atoms with Crippen LogP contribution in [0, 0.1) is 0 Å². The zero-order chi connectivity index (χ0) is 11.8. The van der Waals surface area contributed by atoms with Crippen LogP contribution in [-0.4, -0.2) is 31.3 Å². The Bertz CT molecular complexity index is 286. The van der Waals surface area contributed by atoms with E-state index in [1.54, 1.807) is 7.11 Å². The van der Waals surface area contributed by atoms with Gasteiger partial charge in [0, 0.05) is 26.5 Å². The number of nitrogens with zero attached hydrogens (tertiary/aromatic N) is 1. The van der Waals surface area contributed by atoms with Gasteiger partial charge in [0.1, 0.15) is 5.76 Å². The highest BCUT2D eigenvalue weighted by atomic mass is 16.5. The molecule has 1 N–H and O–H groups in total. The summed E-state index contributed by atoms with van der Waals surface area (Å²) in [5.41, 5.74) is 0. The minimum Gasteiger partial charge on any atom is -0.446 e. The molecule has 0 aliphatic carbocycles. The maximum Gasteiger partial charge on any atom is 0.195 e. The Hall–Kier alpha value is -0.870. The zero-order valence-corrected chi connectivity index (χ0v) is 10.5. The van der Waals surface area contributed by atoms with Gasteiger partial charge in [-0.05, 0) is 19.9 Å². The predicted molar refractivity (Wildman–Crippen MR) is 63.5 cm³/mol. The van der Waals surface area contributed by atoms with Gasteiger partial charge >= 0.3 is 0 Å². The first-order valence-corrected chi connectivity index (χ1v) is 5.93. The number of aromatic nitrogens is 1. The molecule has 92 valence electrons. The topological polar surface area (TPSA) is 47.3 Å². The number of hydrogen-bond donors (Lipinski definition) is 1. The summed E-state index contributed by atoms with van der Waals surface area (Å²) in [5, 5.41) is 3.25. The maximum atomic E-state index is 5.62. The molecule has 0 fully saturated rings. The molecule has 1 atom stereocenters. The fourth-order valence-electron chi connectivity index (χ4n) is 1.41. The van der Waals surface area contributed by atoms with Gasteiger partial charge in [0.25, 0.3) is 0 Å². The summed E-state index contributed by atoms with van der Waals surface area (Å²) in [7, 11) is 1.73. The molecule has 4 heteroatoms. The van der Waals surface area contributed by atoms with Crippen molar-refractivity contribution in [3.8, 4) is 0 Å². The number of methoxy groups -OCH3 is 1. The van der Waals surface area contributed by atoms with Crippen LogP contribution in [0.1, 0.15) is 31.9 Å². The van der Waals surface area contributed by atoms with Gasteiger partial charge in [0.05, 0.1) is 12.3 Å². The fourth-order valence-corrected chi connectivity index (χ4v) is 1.41. The minimum absolute atomic E-state index is 0.273. The average molecular weight is 226 g/mol. The van der Waals surface area contributed by atoms with Crippen molar-refractivity contribution in [1.82, 2.24) is 10.3 Å². The third kappa shape index (κ3) is 4.77. The Balaban J connectivity index is 2.28. The molecule has 0 amide bonds. The van der Waals surface area contributed by atoms with Gasteiger partial charge in [0.15, 0.2) is 5.89 Å². The van der Waals surface area contributed by atoms with E-state index in [0.717, 1.165) is 44.0 Å². The van der Waals surface area contributed by atoms with Crippen molar-refractivity contribution in [2.45, 2.75) is 39.2 Å². The van der Waals surface area contributed by atoms with E-state index < -0.39 is 0 Å². The van der Waals surface area contributed by atoms with E-state index in [0.29, 0.717) is 0 Å². The lowest BCUT2D eigenvalue weighted by Gasteiger charge is -2.06. The van der Waals surface area contributed by atoms with Gasteiger partial charge in [-0.25, -0.2) is 4.98 Å². The lowest BCUT2D eigenvalue weighted by atomic mass is 10.2. The molecule has 0 saturated heterocycles. The molecule has 1 unspecified atom stereocenters. The van der Waals surface area contributed by atoms with E-state index in [4.69, 9.17) is 9.15 Å². The van der Waals surface area contributed by atoms with Gasteiger partial charge in [-0.2, -0.15) is 0 Å². The van der Waals surface area contributed by atoms with E-state index >= 15 is 0 Å². The predicted octanol–water partition coefficient (Wildman–Crippen LogP) is 1.79. The summed E-state index contributed by atoms with van der Waals surface area (Å²) in [4.78, 5) is 4.24. The van der Waals surface area contributed by atoms with E-state index in [-0.39, 0.29) is 6.10 Å². The summed E-state index contributed by atoms with van der Waals surface area (Å²) in [5.74, 6) is 1.77. The summed E-state index contributed by atoms with van der Waals surface area (Å²) in [6.45, 7) is 6.05. The second kappa shape index (κ2) is 7.41. The molecule has 1 heterocycles. The quantitative estimate of drug-likeness (QED) is 0.687. The highest BCUT2D eigenvalue weighted by Crippen LogP contribution is 2.09. The van der Waals surface area contributed by atoms with Crippen molar-refractivity contribution < 1.29 is 9.15 Å². The summed E-state index contributed by atoms with van der Waals surface area (Å²) >= 11 is 0. The molecule has 1 aromatic rings. The maximum absolute atomic E-state index is 5.62. The number of aryl methyl sites for hydroxylation is 1. The van der Waals surface area contributed by atoms with Crippen LogP contribution < -0.4 is 5.32 Å². The average Bonchev–Trinajstić information content (AvgIpc) is 2.74. The normalized spacial score (nSPS) is 12.9. The van der Waals surface area contributed by atoms with Crippen molar-refractivity contribution in [3.63, 3.8) is 0 Å². The number of nitrogens with one attached hydrogen (secondary N) is 1. The molecule has 0 spiro atoms. The Kier molecular flexibility index (Phi) is 6.11. The molecule has 0 saturated carbocycles. The Morgan fingerprint density at radius 2 is 2.31 bits per heavy atom. The lowest BCUT2D eigenvalue weighted by molar-refractivity contribution is 0.110. The highest BCUT2D eigenvalue weighted by Gasteiger charge is 2.06. The van der Waals surface area contributed by atoms with Crippen LogP contribution in [0.5, 0.6) is 0 Å². The minimum atomic E-state index is 0.273. The van der Waals surface area contributed by atoms with Crippen LogP contribution in [0.25, 0.3) is 0 Å². The van der Waals surface area contributed by atoms with E-state index in [1.807, 2.05) is 6.20 Å². The van der Waals surface area contributed by atoms with Gasteiger partial charge < -0.3 is 14.5 Å². The first-order valence-electron chi connectivity index (χ1n) is 5.93. The van der Waals surface area contributed by atoms with Gasteiger partial charge in [-0.1, -0.05) is 6.92 Å². The van der Waals surface area contributed by atoms with E-state index in [2.05, 4.69) is 24.1 Å². The molecule has 1 aromatic heterocycles. The molecule has 16 heavy (non-hydrogen) atoms. The van der Waals surface area contributed by atoms with E-state index in [1.165, 1.54) is 0 Å². The van der Waals surface area contributed by atoms with Crippen LogP contribution in [0.15, 0.2) is 10.6 Å². The first-order chi connectivity index (χ1) is 7.76. The molecular weight excluding hydrogens is 204 g/mol. The molecule has 1 rings (SSSR count). The van der Waals surface area contributed by atoms with Gasteiger partial charge in [0.2, 0.25) is 0 Å². The zero-order valence-electron chi connectivity index (χ0n) is 10.5. The van der Waals surface area contributed by atoms with Crippen LogP contribution in [0.2, 0.25) is 0 Å². The second-order valence-corrected chi connectivity index (χ2v) is 3.91. The standard InChI is InChI=1S/C12H22N2O2/c1-4-13-8-7-12-14-9-11(16-12)6-5-10(2)15-3/h9-10,13H,4-8H2,1-3H3. The van der Waals surface area contributed by atoms with Crippen LogP contribution in [-0.2, 0) is 17.6 Å². The largest absolute Gasteiger partial charge is 0.446 e. The van der Waals surface area contributed by atoms with Crippen molar-refractivity contribution in [3.05, 3.63) is 17.8 Å². The second-order valence-electron chi connectivity index (χ2n) is 3.91. The van der Waals surface area contributed by atoms with Crippen LogP contribution in [0.4, 0.5) is 0 Å². The van der Waals surface area contributed by atoms with E-state index in [9.17, 15) is 0 Å². The number of rotatable bonds is 8. The Morgan fingerprint density at radius 1 is 1.50 bits per heavy atom. The molecule has 0 aliphatic heterocycles. The molecule has 0 radical (unpaired) electrons. The number of likely N-dealkylation sites (N-methyl/N-ethyl adjacent to an activating group) is 1. The molecule has 0 aromatic carbocycles. The third-order valence-corrected chi connectivity index (χ3v) is 2.57.